The number of hydrogen-bond acceptors (Lipinski definition) is 2. The van der Waals surface area contributed by atoms with Crippen LogP contribution in [0.3, 0.4) is 0 Å². The van der Waals surface area contributed by atoms with Gasteiger partial charge in [-0.25, -0.2) is 4.39 Å². The molecule has 0 spiro atoms. The van der Waals surface area contributed by atoms with Crippen molar-refractivity contribution in [2.45, 2.75) is 6.42 Å². The summed E-state index contributed by atoms with van der Waals surface area (Å²) in [6, 6.07) is 25.0. The molecule has 3 aromatic rings. The number of nitrogens with zero attached hydrogens (tertiary/aromatic N) is 1. The van der Waals surface area contributed by atoms with Gasteiger partial charge in [-0.3, -0.25) is 0 Å². The van der Waals surface area contributed by atoms with Crippen LogP contribution in [-0.4, -0.2) is 38.0 Å². The molecule has 0 fully saturated rings. The summed E-state index contributed by atoms with van der Waals surface area (Å²) in [5.74, 6) is 1.08. The van der Waals surface area contributed by atoms with Gasteiger partial charge in [0.15, 0.2) is 0 Å². The van der Waals surface area contributed by atoms with Crippen LogP contribution in [0.1, 0.15) is 23.1 Å². The van der Waals surface area contributed by atoms with Gasteiger partial charge in [0.1, 0.15) is 18.2 Å². The van der Waals surface area contributed by atoms with Crippen LogP contribution in [0.2, 0.25) is 0 Å². The van der Waals surface area contributed by atoms with E-state index in [9.17, 15) is 4.39 Å². The zero-order valence-electron chi connectivity index (χ0n) is 17.4. The Balaban J connectivity index is 2.04. The van der Waals surface area contributed by atoms with E-state index < -0.39 is 0 Å². The Morgan fingerprint density at radius 3 is 2.03 bits per heavy atom. The van der Waals surface area contributed by atoms with Gasteiger partial charge in [-0.15, -0.1) is 11.6 Å². The molecule has 156 valence electrons. The fourth-order valence-corrected chi connectivity index (χ4v) is 3.53. The van der Waals surface area contributed by atoms with Crippen molar-refractivity contribution < 1.29 is 9.13 Å². The highest BCUT2D eigenvalue weighted by molar-refractivity contribution is 6.18. The smallest absolute Gasteiger partial charge is 0.123 e. The van der Waals surface area contributed by atoms with E-state index in [1.54, 1.807) is 0 Å². The van der Waals surface area contributed by atoms with E-state index in [0.29, 0.717) is 18.9 Å². The molecule has 0 atom stereocenters. The van der Waals surface area contributed by atoms with Gasteiger partial charge in [-0.05, 0) is 72.6 Å². The number of benzene rings is 3. The van der Waals surface area contributed by atoms with Crippen LogP contribution in [0.15, 0.2) is 78.9 Å². The lowest BCUT2D eigenvalue weighted by Crippen LogP contribution is -2.19. The maximum Gasteiger partial charge on any atom is 0.123 e. The second-order valence-electron chi connectivity index (χ2n) is 7.34. The van der Waals surface area contributed by atoms with E-state index in [-0.39, 0.29) is 5.82 Å². The molecule has 4 heteroatoms. The Bertz CT molecular complexity index is 951. The molecule has 0 aromatic heterocycles. The summed E-state index contributed by atoms with van der Waals surface area (Å²) in [5, 5.41) is 0. The number of hydrogen-bond donors (Lipinski definition) is 0. The number of likely N-dealkylation sites (N-methyl/N-ethyl adjacent to an activating group) is 1. The van der Waals surface area contributed by atoms with Gasteiger partial charge >= 0.3 is 0 Å². The third-order valence-electron chi connectivity index (χ3n) is 4.85. The number of ether oxygens (including phenoxy) is 1. The molecule has 0 aliphatic carbocycles. The van der Waals surface area contributed by atoms with Crippen LogP contribution in [0, 0.1) is 5.82 Å². The Labute approximate surface area is 183 Å². The Morgan fingerprint density at radius 1 is 0.833 bits per heavy atom. The first-order valence-electron chi connectivity index (χ1n) is 10.1. The fourth-order valence-electron chi connectivity index (χ4n) is 3.34. The Morgan fingerprint density at radius 2 is 1.43 bits per heavy atom. The topological polar surface area (TPSA) is 12.5 Å². The van der Waals surface area contributed by atoms with E-state index in [1.165, 1.54) is 12.1 Å². The highest BCUT2D eigenvalue weighted by Gasteiger charge is 2.14. The van der Waals surface area contributed by atoms with Gasteiger partial charge in [-0.2, -0.15) is 0 Å². The molecule has 0 radical (unpaired) electrons. The van der Waals surface area contributed by atoms with E-state index in [4.69, 9.17) is 16.3 Å². The molecule has 0 bridgehead atoms. The molecule has 0 saturated heterocycles. The van der Waals surface area contributed by atoms with Crippen LogP contribution < -0.4 is 4.74 Å². The number of rotatable bonds is 9. The predicted octanol–water partition coefficient (Wildman–Crippen LogP) is 6.35. The largest absolute Gasteiger partial charge is 0.492 e. The average molecular weight is 424 g/mol. The lowest BCUT2D eigenvalue weighted by Gasteiger charge is -2.17. The van der Waals surface area contributed by atoms with Crippen molar-refractivity contribution in [3.8, 4) is 5.75 Å². The molecule has 0 aliphatic heterocycles. The summed E-state index contributed by atoms with van der Waals surface area (Å²) < 4.78 is 19.4. The summed E-state index contributed by atoms with van der Waals surface area (Å²) in [6.07, 6.45) is 0.679. The van der Waals surface area contributed by atoms with E-state index in [0.717, 1.165) is 40.1 Å². The lowest BCUT2D eigenvalue weighted by atomic mass is 9.88. The zero-order valence-corrected chi connectivity index (χ0v) is 18.2. The summed E-state index contributed by atoms with van der Waals surface area (Å²) in [5.41, 5.74) is 5.34. The van der Waals surface area contributed by atoms with E-state index >= 15 is 0 Å². The predicted molar refractivity (Wildman–Crippen MR) is 125 cm³/mol. The number of allylic oxidation sites excluding steroid dienone is 1. The Kier molecular flexibility index (Phi) is 8.06. The van der Waals surface area contributed by atoms with Gasteiger partial charge in [0.2, 0.25) is 0 Å². The van der Waals surface area contributed by atoms with Gasteiger partial charge in [0, 0.05) is 12.4 Å². The molecule has 3 rings (SSSR count). The lowest BCUT2D eigenvalue weighted by molar-refractivity contribution is 0.261. The minimum Gasteiger partial charge on any atom is -0.492 e. The first-order valence-corrected chi connectivity index (χ1v) is 10.6. The van der Waals surface area contributed by atoms with Gasteiger partial charge in [-0.1, -0.05) is 54.6 Å². The molecule has 0 N–H and O–H groups in total. The van der Waals surface area contributed by atoms with Crippen LogP contribution in [-0.2, 0) is 0 Å². The maximum atomic E-state index is 13.5. The summed E-state index contributed by atoms with van der Waals surface area (Å²) >= 11 is 6.17. The molecule has 0 aliphatic rings. The zero-order chi connectivity index (χ0) is 21.3. The summed E-state index contributed by atoms with van der Waals surface area (Å²) in [4.78, 5) is 2.09. The molecule has 0 amide bonds. The molecule has 0 heterocycles. The number of halogens is 2. The van der Waals surface area contributed by atoms with Crippen molar-refractivity contribution >= 4 is 22.7 Å². The van der Waals surface area contributed by atoms with Gasteiger partial charge in [0.25, 0.3) is 0 Å². The number of alkyl halides is 1. The third-order valence-corrected chi connectivity index (χ3v) is 5.04. The monoisotopic (exact) mass is 423 g/mol. The molecule has 3 aromatic carbocycles. The van der Waals surface area contributed by atoms with Crippen LogP contribution in [0.4, 0.5) is 4.39 Å². The highest BCUT2D eigenvalue weighted by atomic mass is 35.5. The van der Waals surface area contributed by atoms with E-state index in [2.05, 4.69) is 29.2 Å². The maximum absolute atomic E-state index is 13.5. The first kappa shape index (κ1) is 22.1. The van der Waals surface area contributed by atoms with Crippen molar-refractivity contribution in [2.24, 2.45) is 0 Å². The first-order chi connectivity index (χ1) is 14.6. The fraction of sp³-hybridized carbons (Fsp3) is 0.231. The second kappa shape index (κ2) is 11.0. The normalized spacial score (nSPS) is 12.0. The SMILES string of the molecule is CN(C)CCOc1ccc(/C(=C(/CCCl)c2ccc(F)cc2)c2ccccc2)cc1. The van der Waals surface area contributed by atoms with Gasteiger partial charge < -0.3 is 9.64 Å². The summed E-state index contributed by atoms with van der Waals surface area (Å²) in [6.45, 7) is 1.50. The molecular weight excluding hydrogens is 397 g/mol. The highest BCUT2D eigenvalue weighted by Crippen LogP contribution is 2.35. The van der Waals surface area contributed by atoms with Crippen LogP contribution in [0.5, 0.6) is 5.75 Å². The average Bonchev–Trinajstić information content (AvgIpc) is 2.76. The van der Waals surface area contributed by atoms with Crippen LogP contribution in [0.25, 0.3) is 11.1 Å². The molecular formula is C26H27ClFNO. The minimum absolute atomic E-state index is 0.246. The summed E-state index contributed by atoms with van der Waals surface area (Å²) in [7, 11) is 4.05. The van der Waals surface area contributed by atoms with Crippen molar-refractivity contribution in [3.05, 3.63) is 101 Å². The third kappa shape index (κ3) is 5.94. The molecule has 0 unspecified atom stereocenters. The van der Waals surface area contributed by atoms with Crippen molar-refractivity contribution in [1.29, 1.82) is 0 Å². The second-order valence-corrected chi connectivity index (χ2v) is 7.72. The van der Waals surface area contributed by atoms with Crippen LogP contribution >= 0.6 is 11.6 Å². The van der Waals surface area contributed by atoms with Crippen molar-refractivity contribution in [3.63, 3.8) is 0 Å². The van der Waals surface area contributed by atoms with Gasteiger partial charge in [0.05, 0.1) is 0 Å². The minimum atomic E-state index is -0.246. The van der Waals surface area contributed by atoms with E-state index in [1.807, 2.05) is 56.6 Å². The molecule has 30 heavy (non-hydrogen) atoms. The standard InChI is InChI=1S/C26H27ClFNO/c1-29(2)18-19-30-24-14-10-22(11-15-24)26(21-6-4-3-5-7-21)25(16-17-27)20-8-12-23(28)13-9-20/h3-15H,16-19H2,1-2H3/b26-25-. The quantitative estimate of drug-likeness (QED) is 0.293. The Hall–Kier alpha value is -2.62. The molecule has 0 saturated carbocycles. The van der Waals surface area contributed by atoms with Crippen molar-refractivity contribution in [1.82, 2.24) is 4.90 Å². The van der Waals surface area contributed by atoms with Crippen molar-refractivity contribution in [2.75, 3.05) is 33.1 Å². The molecule has 2 nitrogen and oxygen atoms in total.